The molecular weight excluding hydrogens is 224 g/mol. The molecular formula is C15H22N2O. The summed E-state index contributed by atoms with van der Waals surface area (Å²) in [6.45, 7) is 5.26. The molecule has 1 saturated heterocycles. The number of fused-ring (bicyclic) bond motifs is 1. The van der Waals surface area contributed by atoms with Crippen LogP contribution in [0, 0.1) is 0 Å². The fraction of sp³-hybridized carbons (Fsp3) is 0.600. The third-order valence-corrected chi connectivity index (χ3v) is 4.31. The van der Waals surface area contributed by atoms with E-state index in [9.17, 15) is 0 Å². The van der Waals surface area contributed by atoms with Gasteiger partial charge >= 0.3 is 0 Å². The van der Waals surface area contributed by atoms with Crippen LogP contribution in [0.3, 0.4) is 0 Å². The van der Waals surface area contributed by atoms with Crippen LogP contribution in [0.2, 0.25) is 0 Å². The molecule has 18 heavy (non-hydrogen) atoms. The Bertz CT molecular complexity index is 433. The van der Waals surface area contributed by atoms with Crippen molar-refractivity contribution in [1.29, 1.82) is 0 Å². The van der Waals surface area contributed by atoms with Crippen molar-refractivity contribution in [2.75, 3.05) is 18.9 Å². The Kier molecular flexibility index (Phi) is 3.27. The number of benzene rings is 1. The van der Waals surface area contributed by atoms with Crippen molar-refractivity contribution in [3.8, 4) is 0 Å². The molecule has 2 N–H and O–H groups in total. The fourth-order valence-corrected chi connectivity index (χ4v) is 3.25. The molecule has 0 spiro atoms. The smallest absolute Gasteiger partial charge is 0.0561 e. The minimum atomic E-state index is 0.401. The number of rotatable bonds is 1. The Balaban J connectivity index is 1.76. The van der Waals surface area contributed by atoms with Crippen molar-refractivity contribution in [3.05, 3.63) is 29.3 Å². The first-order chi connectivity index (χ1) is 8.74. The van der Waals surface area contributed by atoms with Gasteiger partial charge in [0.25, 0.3) is 0 Å². The zero-order chi connectivity index (χ0) is 12.5. The van der Waals surface area contributed by atoms with Gasteiger partial charge in [-0.1, -0.05) is 12.1 Å². The number of nitrogens with zero attached hydrogens (tertiary/aromatic N) is 1. The lowest BCUT2D eigenvalue weighted by Gasteiger charge is -2.39. The largest absolute Gasteiger partial charge is 0.398 e. The van der Waals surface area contributed by atoms with Crippen LogP contribution in [-0.4, -0.2) is 30.2 Å². The van der Waals surface area contributed by atoms with Crippen molar-refractivity contribution in [2.45, 2.75) is 44.9 Å². The van der Waals surface area contributed by atoms with Gasteiger partial charge in [0.1, 0.15) is 0 Å². The Labute approximate surface area is 109 Å². The Hall–Kier alpha value is -1.06. The van der Waals surface area contributed by atoms with E-state index in [0.717, 1.165) is 44.6 Å². The standard InChI is InChI=1S/C15H22N2O/c1-11-9-13(6-8-18-11)17-7-5-12-3-2-4-15(16)14(12)10-17/h2-4,11,13H,5-10,16H2,1H3. The topological polar surface area (TPSA) is 38.5 Å². The zero-order valence-electron chi connectivity index (χ0n) is 11.1. The number of nitrogens with two attached hydrogens (primary N) is 1. The second kappa shape index (κ2) is 4.90. The molecule has 98 valence electrons. The molecule has 1 aromatic rings. The second-order valence-corrected chi connectivity index (χ2v) is 5.57. The van der Waals surface area contributed by atoms with Crippen molar-refractivity contribution in [1.82, 2.24) is 4.90 Å². The van der Waals surface area contributed by atoms with Crippen LogP contribution in [0.1, 0.15) is 30.9 Å². The summed E-state index contributed by atoms with van der Waals surface area (Å²) in [7, 11) is 0. The fourth-order valence-electron chi connectivity index (χ4n) is 3.25. The van der Waals surface area contributed by atoms with E-state index in [2.05, 4.69) is 24.0 Å². The van der Waals surface area contributed by atoms with Crippen LogP contribution in [0.25, 0.3) is 0 Å². The lowest BCUT2D eigenvalue weighted by molar-refractivity contribution is -0.0205. The maximum absolute atomic E-state index is 6.11. The molecule has 0 aliphatic carbocycles. The molecule has 1 fully saturated rings. The van der Waals surface area contributed by atoms with E-state index in [1.54, 1.807) is 0 Å². The van der Waals surface area contributed by atoms with Crippen LogP contribution in [0.4, 0.5) is 5.69 Å². The molecule has 1 aromatic carbocycles. The van der Waals surface area contributed by atoms with Crippen LogP contribution < -0.4 is 5.73 Å². The molecule has 3 rings (SSSR count). The molecule has 2 heterocycles. The summed E-state index contributed by atoms with van der Waals surface area (Å²) in [4.78, 5) is 2.59. The molecule has 0 bridgehead atoms. The number of hydrogen-bond donors (Lipinski definition) is 1. The molecule has 3 nitrogen and oxygen atoms in total. The van der Waals surface area contributed by atoms with Gasteiger partial charge in [-0.3, -0.25) is 4.90 Å². The summed E-state index contributed by atoms with van der Waals surface area (Å²) in [5.41, 5.74) is 9.85. The average molecular weight is 246 g/mol. The first-order valence-corrected chi connectivity index (χ1v) is 6.96. The van der Waals surface area contributed by atoms with E-state index in [-0.39, 0.29) is 0 Å². The highest BCUT2D eigenvalue weighted by Crippen LogP contribution is 2.28. The minimum Gasteiger partial charge on any atom is -0.398 e. The maximum Gasteiger partial charge on any atom is 0.0561 e. The predicted molar refractivity (Wildman–Crippen MR) is 73.4 cm³/mol. The number of anilines is 1. The van der Waals surface area contributed by atoms with Crippen LogP contribution in [0.15, 0.2) is 18.2 Å². The van der Waals surface area contributed by atoms with E-state index < -0.39 is 0 Å². The number of hydrogen-bond acceptors (Lipinski definition) is 3. The van der Waals surface area contributed by atoms with E-state index in [1.165, 1.54) is 11.1 Å². The third kappa shape index (κ3) is 2.25. The summed E-state index contributed by atoms with van der Waals surface area (Å²) in [5.74, 6) is 0. The minimum absolute atomic E-state index is 0.401. The number of nitrogen functional groups attached to an aromatic ring is 1. The normalized spacial score (nSPS) is 28.9. The highest BCUT2D eigenvalue weighted by Gasteiger charge is 2.28. The van der Waals surface area contributed by atoms with Gasteiger partial charge in [-0.05, 0) is 43.4 Å². The van der Waals surface area contributed by atoms with E-state index in [4.69, 9.17) is 10.5 Å². The molecule has 0 aromatic heterocycles. The first kappa shape index (κ1) is 12.0. The summed E-state index contributed by atoms with van der Waals surface area (Å²) in [6, 6.07) is 6.98. The van der Waals surface area contributed by atoms with Crippen LogP contribution >= 0.6 is 0 Å². The van der Waals surface area contributed by atoms with Gasteiger partial charge in [0, 0.05) is 31.4 Å². The van der Waals surface area contributed by atoms with Gasteiger partial charge in [-0.25, -0.2) is 0 Å². The zero-order valence-corrected chi connectivity index (χ0v) is 11.1. The van der Waals surface area contributed by atoms with E-state index >= 15 is 0 Å². The first-order valence-electron chi connectivity index (χ1n) is 6.96. The molecule has 2 atom stereocenters. The third-order valence-electron chi connectivity index (χ3n) is 4.31. The highest BCUT2D eigenvalue weighted by atomic mass is 16.5. The maximum atomic E-state index is 6.11. The average Bonchev–Trinajstić information content (AvgIpc) is 2.39. The van der Waals surface area contributed by atoms with Gasteiger partial charge in [-0.2, -0.15) is 0 Å². The SMILES string of the molecule is CC1CC(N2CCc3cccc(N)c3C2)CCO1. The summed E-state index contributed by atoms with van der Waals surface area (Å²) < 4.78 is 5.64. The molecule has 0 radical (unpaired) electrons. The second-order valence-electron chi connectivity index (χ2n) is 5.57. The lowest BCUT2D eigenvalue weighted by Crippen LogP contribution is -2.44. The number of ether oxygens (including phenoxy) is 1. The molecule has 0 amide bonds. The Morgan fingerprint density at radius 3 is 3.11 bits per heavy atom. The van der Waals surface area contributed by atoms with Gasteiger partial charge in [0.05, 0.1) is 6.10 Å². The van der Waals surface area contributed by atoms with Crippen LogP contribution in [0.5, 0.6) is 0 Å². The quantitative estimate of drug-likeness (QED) is 0.772. The van der Waals surface area contributed by atoms with Crippen molar-refractivity contribution >= 4 is 5.69 Å². The lowest BCUT2D eigenvalue weighted by atomic mass is 9.94. The highest BCUT2D eigenvalue weighted by molar-refractivity contribution is 5.51. The Morgan fingerprint density at radius 1 is 1.39 bits per heavy atom. The summed E-state index contributed by atoms with van der Waals surface area (Å²) in [5, 5.41) is 0. The molecule has 2 unspecified atom stereocenters. The summed E-state index contributed by atoms with van der Waals surface area (Å²) in [6.07, 6.45) is 3.85. The molecule has 2 aliphatic rings. The van der Waals surface area contributed by atoms with Gasteiger partial charge in [-0.15, -0.1) is 0 Å². The summed E-state index contributed by atoms with van der Waals surface area (Å²) >= 11 is 0. The Morgan fingerprint density at radius 2 is 2.28 bits per heavy atom. The van der Waals surface area contributed by atoms with Gasteiger partial charge in [0.2, 0.25) is 0 Å². The predicted octanol–water partition coefficient (Wildman–Crippen LogP) is 2.19. The molecule has 2 aliphatic heterocycles. The van der Waals surface area contributed by atoms with Crippen LogP contribution in [-0.2, 0) is 17.7 Å². The van der Waals surface area contributed by atoms with Crippen molar-refractivity contribution in [2.24, 2.45) is 0 Å². The van der Waals surface area contributed by atoms with Crippen molar-refractivity contribution in [3.63, 3.8) is 0 Å². The van der Waals surface area contributed by atoms with E-state index in [0.29, 0.717) is 12.1 Å². The van der Waals surface area contributed by atoms with E-state index in [1.807, 2.05) is 6.07 Å². The van der Waals surface area contributed by atoms with Gasteiger partial charge in [0.15, 0.2) is 0 Å². The molecule has 3 heteroatoms. The van der Waals surface area contributed by atoms with Crippen molar-refractivity contribution < 1.29 is 4.74 Å². The molecule has 0 saturated carbocycles. The van der Waals surface area contributed by atoms with Gasteiger partial charge < -0.3 is 10.5 Å². The monoisotopic (exact) mass is 246 g/mol.